The van der Waals surface area contributed by atoms with Gasteiger partial charge in [0.05, 0.1) is 19.0 Å². The van der Waals surface area contributed by atoms with E-state index in [1.807, 2.05) is 24.3 Å². The first-order valence-electron chi connectivity index (χ1n) is 8.45. The van der Waals surface area contributed by atoms with E-state index >= 15 is 0 Å². The van der Waals surface area contributed by atoms with Gasteiger partial charge in [-0.15, -0.1) is 0 Å². The Hall–Kier alpha value is -2.37. The maximum Gasteiger partial charge on any atom is 0.239 e. The van der Waals surface area contributed by atoms with Crippen molar-refractivity contribution in [3.8, 4) is 0 Å². The summed E-state index contributed by atoms with van der Waals surface area (Å²) in [5, 5.41) is 5.50. The maximum atomic E-state index is 12.3. The van der Waals surface area contributed by atoms with Crippen LogP contribution in [0.3, 0.4) is 0 Å². The van der Waals surface area contributed by atoms with Gasteiger partial charge in [0.25, 0.3) is 0 Å². The highest BCUT2D eigenvalue weighted by molar-refractivity contribution is 5.85. The largest absolute Gasteiger partial charge is 0.352 e. The first-order valence-corrected chi connectivity index (χ1v) is 8.45. The van der Waals surface area contributed by atoms with Crippen LogP contribution in [0.4, 0.5) is 0 Å². The predicted octanol–water partition coefficient (Wildman–Crippen LogP) is 0.917. The lowest BCUT2D eigenvalue weighted by atomic mass is 9.90. The fraction of sp³-hybridized carbons (Fsp3) is 0.500. The van der Waals surface area contributed by atoms with Gasteiger partial charge in [0, 0.05) is 19.5 Å². The van der Waals surface area contributed by atoms with E-state index in [9.17, 15) is 14.4 Å². The third-order valence-corrected chi connectivity index (χ3v) is 4.58. The summed E-state index contributed by atoms with van der Waals surface area (Å²) >= 11 is 0. The zero-order valence-corrected chi connectivity index (χ0v) is 13.9. The van der Waals surface area contributed by atoms with Crippen LogP contribution in [-0.2, 0) is 20.8 Å². The zero-order chi connectivity index (χ0) is 17.1. The Labute approximate surface area is 141 Å². The van der Waals surface area contributed by atoms with Crippen molar-refractivity contribution in [1.29, 1.82) is 0 Å². The maximum absolute atomic E-state index is 12.3. The minimum absolute atomic E-state index is 0.0101. The van der Waals surface area contributed by atoms with E-state index in [1.165, 1.54) is 12.5 Å². The summed E-state index contributed by atoms with van der Waals surface area (Å²) in [6, 6.07) is 7.94. The summed E-state index contributed by atoms with van der Waals surface area (Å²) in [4.78, 5) is 37.6. The number of nitrogens with zero attached hydrogens (tertiary/aromatic N) is 1. The molecule has 1 aliphatic carbocycles. The molecule has 2 aliphatic rings. The van der Waals surface area contributed by atoms with Crippen LogP contribution in [0.5, 0.6) is 0 Å². The van der Waals surface area contributed by atoms with Gasteiger partial charge in [-0.25, -0.2) is 0 Å². The number of benzene rings is 1. The van der Waals surface area contributed by atoms with Crippen molar-refractivity contribution in [3.63, 3.8) is 0 Å². The summed E-state index contributed by atoms with van der Waals surface area (Å²) in [5.41, 5.74) is 2.20. The van der Waals surface area contributed by atoms with Crippen molar-refractivity contribution < 1.29 is 14.4 Å². The van der Waals surface area contributed by atoms with E-state index in [0.29, 0.717) is 6.54 Å². The van der Waals surface area contributed by atoms with E-state index in [1.54, 1.807) is 4.90 Å². The Balaban J connectivity index is 1.63. The summed E-state index contributed by atoms with van der Waals surface area (Å²) in [7, 11) is 0. The Kier molecular flexibility index (Phi) is 4.83. The standard InChI is InChI=1S/C18H23N3O3/c1-12(22)21-9-8-13-4-2-3-5-15(13)16(21)10-17(23)19-11-18(24)20-14-6-7-14/h2-5,14,16H,6-11H2,1H3,(H,19,23)(H,20,24). The number of hydrogen-bond acceptors (Lipinski definition) is 3. The molecule has 1 atom stereocenters. The van der Waals surface area contributed by atoms with Gasteiger partial charge in [-0.1, -0.05) is 24.3 Å². The molecule has 0 radical (unpaired) electrons. The third kappa shape index (κ3) is 3.93. The third-order valence-electron chi connectivity index (χ3n) is 4.58. The number of nitrogens with one attached hydrogen (secondary N) is 2. The summed E-state index contributed by atoms with van der Waals surface area (Å²) in [6.45, 7) is 2.14. The number of carbonyl (C=O) groups is 3. The van der Waals surface area contributed by atoms with Crippen LogP contribution in [0.25, 0.3) is 0 Å². The molecule has 0 bridgehead atoms. The normalized spacial score (nSPS) is 19.4. The number of hydrogen-bond donors (Lipinski definition) is 2. The lowest BCUT2D eigenvalue weighted by Crippen LogP contribution is -2.43. The van der Waals surface area contributed by atoms with Crippen molar-refractivity contribution in [2.45, 2.75) is 44.7 Å². The highest BCUT2D eigenvalue weighted by Crippen LogP contribution is 2.32. The van der Waals surface area contributed by atoms with Gasteiger partial charge in [0.15, 0.2) is 0 Å². The Morgan fingerprint density at radius 2 is 1.92 bits per heavy atom. The Bertz CT molecular complexity index is 655. The monoisotopic (exact) mass is 329 g/mol. The van der Waals surface area contributed by atoms with E-state index in [0.717, 1.165) is 24.8 Å². The minimum Gasteiger partial charge on any atom is -0.352 e. The summed E-state index contributed by atoms with van der Waals surface area (Å²) < 4.78 is 0. The van der Waals surface area contributed by atoms with Gasteiger partial charge in [-0.2, -0.15) is 0 Å². The highest BCUT2D eigenvalue weighted by Gasteiger charge is 2.30. The molecule has 2 N–H and O–H groups in total. The highest BCUT2D eigenvalue weighted by atomic mass is 16.2. The van der Waals surface area contributed by atoms with Crippen LogP contribution in [0, 0.1) is 0 Å². The zero-order valence-electron chi connectivity index (χ0n) is 13.9. The molecule has 0 spiro atoms. The van der Waals surface area contributed by atoms with Crippen molar-refractivity contribution in [1.82, 2.24) is 15.5 Å². The van der Waals surface area contributed by atoms with Crippen molar-refractivity contribution >= 4 is 17.7 Å². The SMILES string of the molecule is CC(=O)N1CCc2ccccc2C1CC(=O)NCC(=O)NC1CC1. The fourth-order valence-electron chi connectivity index (χ4n) is 3.18. The van der Waals surface area contributed by atoms with E-state index in [-0.39, 0.29) is 42.8 Å². The smallest absolute Gasteiger partial charge is 0.239 e. The average molecular weight is 329 g/mol. The number of carbonyl (C=O) groups excluding carboxylic acids is 3. The molecule has 3 amide bonds. The lowest BCUT2D eigenvalue weighted by molar-refractivity contribution is -0.134. The second kappa shape index (κ2) is 7.03. The lowest BCUT2D eigenvalue weighted by Gasteiger charge is -2.36. The van der Waals surface area contributed by atoms with Gasteiger partial charge in [-0.3, -0.25) is 14.4 Å². The Morgan fingerprint density at radius 1 is 1.17 bits per heavy atom. The van der Waals surface area contributed by atoms with E-state index in [4.69, 9.17) is 0 Å². The summed E-state index contributed by atoms with van der Waals surface area (Å²) in [6.07, 6.45) is 3.02. The molecule has 128 valence electrons. The van der Waals surface area contributed by atoms with Gasteiger partial charge in [0.2, 0.25) is 17.7 Å². The molecule has 3 rings (SSSR count). The molecule has 1 aromatic carbocycles. The first-order chi connectivity index (χ1) is 11.5. The second-order valence-corrected chi connectivity index (χ2v) is 6.50. The molecule has 0 aromatic heterocycles. The van der Waals surface area contributed by atoms with Crippen LogP contribution in [0.2, 0.25) is 0 Å². The molecular formula is C18H23N3O3. The van der Waals surface area contributed by atoms with Crippen molar-refractivity contribution in [2.75, 3.05) is 13.1 Å². The second-order valence-electron chi connectivity index (χ2n) is 6.50. The topological polar surface area (TPSA) is 78.5 Å². The molecule has 1 unspecified atom stereocenters. The van der Waals surface area contributed by atoms with Crippen LogP contribution in [0.15, 0.2) is 24.3 Å². The van der Waals surface area contributed by atoms with Gasteiger partial charge < -0.3 is 15.5 Å². The van der Waals surface area contributed by atoms with Crippen LogP contribution >= 0.6 is 0 Å². The summed E-state index contributed by atoms with van der Waals surface area (Å²) in [5.74, 6) is -0.402. The van der Waals surface area contributed by atoms with E-state index < -0.39 is 0 Å². The Morgan fingerprint density at radius 3 is 2.62 bits per heavy atom. The minimum atomic E-state index is -0.265. The molecule has 6 heteroatoms. The molecule has 1 aliphatic heterocycles. The fourth-order valence-corrected chi connectivity index (χ4v) is 3.18. The van der Waals surface area contributed by atoms with Gasteiger partial charge in [-0.05, 0) is 30.4 Å². The van der Waals surface area contributed by atoms with Gasteiger partial charge in [0.1, 0.15) is 0 Å². The number of amides is 3. The number of fused-ring (bicyclic) bond motifs is 1. The molecule has 1 saturated carbocycles. The average Bonchev–Trinajstić information content (AvgIpc) is 3.37. The predicted molar refractivity (Wildman–Crippen MR) is 89.1 cm³/mol. The molecular weight excluding hydrogens is 306 g/mol. The van der Waals surface area contributed by atoms with E-state index in [2.05, 4.69) is 10.6 Å². The van der Waals surface area contributed by atoms with Crippen molar-refractivity contribution in [2.24, 2.45) is 0 Å². The van der Waals surface area contributed by atoms with Crippen LogP contribution in [0.1, 0.15) is 43.4 Å². The molecule has 1 aromatic rings. The molecule has 1 heterocycles. The number of rotatable bonds is 5. The van der Waals surface area contributed by atoms with Crippen molar-refractivity contribution in [3.05, 3.63) is 35.4 Å². The first kappa shape index (κ1) is 16.5. The molecule has 6 nitrogen and oxygen atoms in total. The van der Waals surface area contributed by atoms with Crippen LogP contribution < -0.4 is 10.6 Å². The molecule has 1 fully saturated rings. The van der Waals surface area contributed by atoms with Crippen LogP contribution in [-0.4, -0.2) is 41.8 Å². The molecule has 24 heavy (non-hydrogen) atoms. The van der Waals surface area contributed by atoms with Gasteiger partial charge >= 0.3 is 0 Å². The molecule has 0 saturated heterocycles. The quantitative estimate of drug-likeness (QED) is 0.843.